The molecule has 0 atom stereocenters. The normalized spacial score (nSPS) is 11.7. The second-order valence-corrected chi connectivity index (χ2v) is 5.01. The number of hydrogen-bond donors (Lipinski definition) is 1. The van der Waals surface area contributed by atoms with Gasteiger partial charge in [0.2, 0.25) is 0 Å². The molecule has 0 aliphatic heterocycles. The molecule has 0 spiro atoms. The molecule has 0 aliphatic rings. The van der Waals surface area contributed by atoms with Gasteiger partial charge in [0.1, 0.15) is 0 Å². The maximum Gasteiger partial charge on any atom is 0.0527 e. The third kappa shape index (κ3) is 3.85. The Morgan fingerprint density at radius 2 is 1.47 bits per heavy atom. The van der Waals surface area contributed by atoms with E-state index in [9.17, 15) is 5.11 Å². The summed E-state index contributed by atoms with van der Waals surface area (Å²) in [5.74, 6) is 0. The Morgan fingerprint density at radius 3 is 1.88 bits per heavy atom. The Kier molecular flexibility index (Phi) is 6.28. The van der Waals surface area contributed by atoms with Gasteiger partial charge in [-0.05, 0) is 18.4 Å². The highest BCUT2D eigenvalue weighted by Gasteiger charge is 2.29. The summed E-state index contributed by atoms with van der Waals surface area (Å²) in [5.41, 5.74) is 1.30. The maximum absolute atomic E-state index is 9.88. The van der Waals surface area contributed by atoms with Crippen LogP contribution in [0.1, 0.15) is 57.9 Å². The highest BCUT2D eigenvalue weighted by Crippen LogP contribution is 2.34. The van der Waals surface area contributed by atoms with Crippen LogP contribution >= 0.6 is 0 Å². The van der Waals surface area contributed by atoms with Crippen LogP contribution in [0.25, 0.3) is 0 Å². The van der Waals surface area contributed by atoms with Crippen LogP contribution in [0.5, 0.6) is 0 Å². The predicted molar refractivity (Wildman–Crippen MR) is 74.3 cm³/mol. The van der Waals surface area contributed by atoms with Gasteiger partial charge in [-0.25, -0.2) is 0 Å². The van der Waals surface area contributed by atoms with E-state index < -0.39 is 0 Å². The molecular formula is C16H26O. The Hall–Kier alpha value is -0.820. The van der Waals surface area contributed by atoms with Crippen molar-refractivity contribution in [1.82, 2.24) is 0 Å². The first-order valence-electron chi connectivity index (χ1n) is 6.95. The summed E-state index contributed by atoms with van der Waals surface area (Å²) in [6, 6.07) is 10.5. The van der Waals surface area contributed by atoms with Gasteiger partial charge in [0.25, 0.3) is 0 Å². The van der Waals surface area contributed by atoms with Crippen LogP contribution < -0.4 is 0 Å². The van der Waals surface area contributed by atoms with Crippen molar-refractivity contribution in [3.8, 4) is 0 Å². The van der Waals surface area contributed by atoms with Crippen LogP contribution in [0.15, 0.2) is 30.3 Å². The minimum Gasteiger partial charge on any atom is -0.395 e. The van der Waals surface area contributed by atoms with E-state index in [0.29, 0.717) is 0 Å². The molecule has 1 N–H and O–H groups in total. The van der Waals surface area contributed by atoms with Gasteiger partial charge in [0.05, 0.1) is 6.61 Å². The largest absolute Gasteiger partial charge is 0.395 e. The summed E-state index contributed by atoms with van der Waals surface area (Å²) in [4.78, 5) is 0. The molecule has 0 fully saturated rings. The highest BCUT2D eigenvalue weighted by molar-refractivity contribution is 5.25. The number of benzene rings is 1. The zero-order valence-electron chi connectivity index (χ0n) is 11.3. The van der Waals surface area contributed by atoms with E-state index in [1.54, 1.807) is 0 Å². The SMILES string of the molecule is CCCCC(CO)(CCCC)c1ccccc1. The number of unbranched alkanes of at least 4 members (excludes halogenated alkanes) is 2. The fraction of sp³-hybridized carbons (Fsp3) is 0.625. The van der Waals surface area contributed by atoms with Gasteiger partial charge in [0, 0.05) is 5.41 Å². The van der Waals surface area contributed by atoms with E-state index in [1.807, 2.05) is 6.07 Å². The number of aliphatic hydroxyl groups excluding tert-OH is 1. The molecule has 96 valence electrons. The van der Waals surface area contributed by atoms with Crippen molar-refractivity contribution < 1.29 is 5.11 Å². The molecule has 0 amide bonds. The molecule has 1 rings (SSSR count). The lowest BCUT2D eigenvalue weighted by Gasteiger charge is -2.33. The fourth-order valence-corrected chi connectivity index (χ4v) is 2.49. The molecule has 0 bridgehead atoms. The van der Waals surface area contributed by atoms with Gasteiger partial charge in [-0.15, -0.1) is 0 Å². The Balaban J connectivity index is 2.89. The molecule has 0 saturated carbocycles. The van der Waals surface area contributed by atoms with Crippen molar-refractivity contribution in [2.45, 2.75) is 57.8 Å². The van der Waals surface area contributed by atoms with Crippen LogP contribution in [0.2, 0.25) is 0 Å². The Morgan fingerprint density at radius 1 is 0.941 bits per heavy atom. The van der Waals surface area contributed by atoms with Gasteiger partial charge in [-0.1, -0.05) is 69.9 Å². The first kappa shape index (κ1) is 14.2. The molecular weight excluding hydrogens is 208 g/mol. The van der Waals surface area contributed by atoms with Gasteiger partial charge >= 0.3 is 0 Å². The van der Waals surface area contributed by atoms with Crippen molar-refractivity contribution >= 4 is 0 Å². The second kappa shape index (κ2) is 7.50. The molecule has 0 aliphatic carbocycles. The molecule has 17 heavy (non-hydrogen) atoms. The van der Waals surface area contributed by atoms with Crippen molar-refractivity contribution in [3.05, 3.63) is 35.9 Å². The molecule has 0 radical (unpaired) electrons. The third-order valence-corrected chi connectivity index (χ3v) is 3.71. The average molecular weight is 234 g/mol. The molecule has 1 nitrogen and oxygen atoms in total. The Bertz CT molecular complexity index is 284. The lowest BCUT2D eigenvalue weighted by atomic mass is 9.73. The molecule has 0 aromatic heterocycles. The minimum atomic E-state index is -0.00667. The summed E-state index contributed by atoms with van der Waals surface area (Å²) in [6.07, 6.45) is 6.98. The zero-order chi connectivity index (χ0) is 12.6. The summed E-state index contributed by atoms with van der Waals surface area (Å²) in [6.45, 7) is 4.71. The van der Waals surface area contributed by atoms with Crippen molar-refractivity contribution in [2.24, 2.45) is 0 Å². The highest BCUT2D eigenvalue weighted by atomic mass is 16.3. The second-order valence-electron chi connectivity index (χ2n) is 5.01. The molecule has 0 unspecified atom stereocenters. The van der Waals surface area contributed by atoms with Crippen LogP contribution in [0.4, 0.5) is 0 Å². The van der Waals surface area contributed by atoms with Crippen molar-refractivity contribution in [3.63, 3.8) is 0 Å². The standard InChI is InChI=1S/C16H26O/c1-3-5-12-16(14-17,13-6-4-2)15-10-8-7-9-11-15/h7-11,17H,3-6,12-14H2,1-2H3. The topological polar surface area (TPSA) is 20.2 Å². The zero-order valence-corrected chi connectivity index (χ0v) is 11.3. The minimum absolute atomic E-state index is 0.00667. The van der Waals surface area contributed by atoms with Gasteiger partial charge in [0.15, 0.2) is 0 Å². The van der Waals surface area contributed by atoms with E-state index in [-0.39, 0.29) is 12.0 Å². The predicted octanol–water partition coefficient (Wildman–Crippen LogP) is 4.30. The van der Waals surface area contributed by atoms with E-state index in [1.165, 1.54) is 31.2 Å². The van der Waals surface area contributed by atoms with Crippen LogP contribution in [-0.4, -0.2) is 11.7 Å². The average Bonchev–Trinajstić information content (AvgIpc) is 2.41. The van der Waals surface area contributed by atoms with E-state index >= 15 is 0 Å². The molecule has 0 saturated heterocycles. The molecule has 1 aromatic carbocycles. The van der Waals surface area contributed by atoms with Crippen LogP contribution in [0, 0.1) is 0 Å². The lowest BCUT2D eigenvalue weighted by Crippen LogP contribution is -2.30. The summed E-state index contributed by atoms with van der Waals surface area (Å²) >= 11 is 0. The number of hydrogen-bond acceptors (Lipinski definition) is 1. The smallest absolute Gasteiger partial charge is 0.0527 e. The quantitative estimate of drug-likeness (QED) is 0.711. The third-order valence-electron chi connectivity index (χ3n) is 3.71. The van der Waals surface area contributed by atoms with Crippen LogP contribution in [0.3, 0.4) is 0 Å². The Labute approximate surface area is 106 Å². The summed E-state index contributed by atoms with van der Waals surface area (Å²) in [7, 11) is 0. The van der Waals surface area contributed by atoms with Crippen molar-refractivity contribution in [1.29, 1.82) is 0 Å². The lowest BCUT2D eigenvalue weighted by molar-refractivity contribution is 0.168. The molecule has 1 heteroatoms. The fourth-order valence-electron chi connectivity index (χ4n) is 2.49. The monoisotopic (exact) mass is 234 g/mol. The first-order valence-corrected chi connectivity index (χ1v) is 6.95. The van der Waals surface area contributed by atoms with Gasteiger partial charge in [-0.3, -0.25) is 0 Å². The van der Waals surface area contributed by atoms with Crippen LogP contribution in [-0.2, 0) is 5.41 Å². The van der Waals surface area contributed by atoms with Crippen molar-refractivity contribution in [2.75, 3.05) is 6.61 Å². The number of aliphatic hydroxyl groups is 1. The molecule has 0 heterocycles. The van der Waals surface area contributed by atoms with Gasteiger partial charge < -0.3 is 5.11 Å². The maximum atomic E-state index is 9.88. The first-order chi connectivity index (χ1) is 8.29. The molecule has 1 aromatic rings. The summed E-state index contributed by atoms with van der Waals surface area (Å²) < 4.78 is 0. The van der Waals surface area contributed by atoms with E-state index in [4.69, 9.17) is 0 Å². The summed E-state index contributed by atoms with van der Waals surface area (Å²) in [5, 5.41) is 9.88. The van der Waals surface area contributed by atoms with E-state index in [0.717, 1.165) is 12.8 Å². The van der Waals surface area contributed by atoms with E-state index in [2.05, 4.69) is 38.1 Å². The number of rotatable bonds is 8. The van der Waals surface area contributed by atoms with Gasteiger partial charge in [-0.2, -0.15) is 0 Å².